The molecule has 1 aliphatic rings. The van der Waals surface area contributed by atoms with Crippen molar-refractivity contribution in [3.8, 4) is 0 Å². The summed E-state index contributed by atoms with van der Waals surface area (Å²) in [4.78, 5) is 16.9. The first kappa shape index (κ1) is 19.8. The Kier molecular flexibility index (Phi) is 7.06. The molecule has 0 atom stereocenters. The summed E-state index contributed by atoms with van der Waals surface area (Å²) in [5, 5.41) is 4.27. The van der Waals surface area contributed by atoms with Gasteiger partial charge in [-0.05, 0) is 31.7 Å². The van der Waals surface area contributed by atoms with Crippen LogP contribution in [-0.2, 0) is 6.54 Å². The average Bonchev–Trinajstić information content (AvgIpc) is 2.62. The molecule has 3 rings (SSSR count). The van der Waals surface area contributed by atoms with Gasteiger partial charge < -0.3 is 5.73 Å². The van der Waals surface area contributed by atoms with E-state index in [-0.39, 0.29) is 29.7 Å². The molecule has 140 valence electrons. The Labute approximate surface area is 153 Å². The van der Waals surface area contributed by atoms with Crippen LogP contribution in [-0.4, -0.2) is 15.5 Å². The van der Waals surface area contributed by atoms with Gasteiger partial charge in [-0.3, -0.25) is 9.79 Å². The van der Waals surface area contributed by atoms with Gasteiger partial charge in [0.2, 0.25) is 0 Å². The van der Waals surface area contributed by atoms with E-state index < -0.39 is 0 Å². The summed E-state index contributed by atoms with van der Waals surface area (Å²) in [6.07, 6.45) is 5.25. The summed E-state index contributed by atoms with van der Waals surface area (Å²) in [6.45, 7) is 6.14. The summed E-state index contributed by atoms with van der Waals surface area (Å²) >= 11 is 0. The van der Waals surface area contributed by atoms with Gasteiger partial charge in [-0.1, -0.05) is 39.0 Å². The number of nitrogen functional groups attached to an aromatic ring is 1. The van der Waals surface area contributed by atoms with Gasteiger partial charge in [-0.25, -0.2) is 9.07 Å². The van der Waals surface area contributed by atoms with Gasteiger partial charge >= 0.3 is 0 Å². The summed E-state index contributed by atoms with van der Waals surface area (Å²) in [5.74, 6) is -0.289. The van der Waals surface area contributed by atoms with Crippen LogP contribution in [0.3, 0.4) is 0 Å². The number of rotatable bonds is 5. The van der Waals surface area contributed by atoms with Gasteiger partial charge in [0, 0.05) is 16.8 Å². The fourth-order valence-corrected chi connectivity index (χ4v) is 2.80. The van der Waals surface area contributed by atoms with E-state index >= 15 is 0 Å². The molecule has 0 unspecified atom stereocenters. The molecule has 5 nitrogen and oxygen atoms in total. The summed E-state index contributed by atoms with van der Waals surface area (Å²) in [5.41, 5.74) is 7.69. The minimum atomic E-state index is -0.289. The number of aromatic nitrogens is 2. The fraction of sp³-hybridized carbons (Fsp3) is 0.450. The van der Waals surface area contributed by atoms with E-state index in [4.69, 9.17) is 5.73 Å². The molecule has 0 aliphatic heterocycles. The van der Waals surface area contributed by atoms with Gasteiger partial charge in [0.05, 0.1) is 18.8 Å². The Morgan fingerprint density at radius 3 is 2.62 bits per heavy atom. The SMILES string of the molecule is CC.CCC(=NCc1ccccc1F)c1cnn(C2CCC2)c(=O)c1N. The number of halogens is 1. The molecule has 0 amide bonds. The van der Waals surface area contributed by atoms with E-state index in [1.807, 2.05) is 20.8 Å². The van der Waals surface area contributed by atoms with E-state index in [2.05, 4.69) is 10.1 Å². The van der Waals surface area contributed by atoms with Crippen LogP contribution in [0, 0.1) is 5.82 Å². The van der Waals surface area contributed by atoms with Crippen molar-refractivity contribution in [1.29, 1.82) is 0 Å². The van der Waals surface area contributed by atoms with Crippen molar-refractivity contribution >= 4 is 11.4 Å². The van der Waals surface area contributed by atoms with Gasteiger partial charge in [0.1, 0.15) is 11.5 Å². The first-order valence-electron chi connectivity index (χ1n) is 9.26. The molecule has 1 aromatic heterocycles. The molecule has 1 heterocycles. The van der Waals surface area contributed by atoms with Gasteiger partial charge in [0.25, 0.3) is 5.56 Å². The largest absolute Gasteiger partial charge is 0.394 e. The predicted octanol–water partition coefficient (Wildman–Crippen LogP) is 4.12. The van der Waals surface area contributed by atoms with Crippen molar-refractivity contribution < 1.29 is 4.39 Å². The Hall–Kier alpha value is -2.50. The van der Waals surface area contributed by atoms with Crippen LogP contribution in [0.4, 0.5) is 10.1 Å². The average molecular weight is 358 g/mol. The zero-order valence-corrected chi connectivity index (χ0v) is 15.7. The summed E-state index contributed by atoms with van der Waals surface area (Å²) in [7, 11) is 0. The van der Waals surface area contributed by atoms with Crippen LogP contribution in [0.25, 0.3) is 0 Å². The maximum atomic E-state index is 13.7. The molecular weight excluding hydrogens is 331 g/mol. The minimum absolute atomic E-state index is 0.161. The lowest BCUT2D eigenvalue weighted by Gasteiger charge is -2.26. The maximum absolute atomic E-state index is 13.7. The second-order valence-corrected chi connectivity index (χ2v) is 6.01. The first-order valence-corrected chi connectivity index (χ1v) is 9.26. The third-order valence-electron chi connectivity index (χ3n) is 4.50. The minimum Gasteiger partial charge on any atom is -0.394 e. The lowest BCUT2D eigenvalue weighted by Crippen LogP contribution is -2.33. The van der Waals surface area contributed by atoms with E-state index in [1.165, 1.54) is 10.7 Å². The molecule has 6 heteroatoms. The van der Waals surface area contributed by atoms with Crippen molar-refractivity contribution in [2.75, 3.05) is 5.73 Å². The smallest absolute Gasteiger partial charge is 0.290 e. The lowest BCUT2D eigenvalue weighted by atomic mass is 9.93. The van der Waals surface area contributed by atoms with E-state index in [0.29, 0.717) is 23.3 Å². The van der Waals surface area contributed by atoms with Gasteiger partial charge in [-0.2, -0.15) is 5.10 Å². The number of hydrogen-bond acceptors (Lipinski definition) is 4. The predicted molar refractivity (Wildman–Crippen MR) is 104 cm³/mol. The number of nitrogens with zero attached hydrogens (tertiary/aromatic N) is 3. The maximum Gasteiger partial charge on any atom is 0.290 e. The van der Waals surface area contributed by atoms with Gasteiger partial charge in [0.15, 0.2) is 0 Å². The standard InChI is InChI=1S/C18H21FN4O.C2H6/c1-2-16(21-10-12-6-3-4-9-15(12)19)14-11-22-23(13-7-5-8-13)18(24)17(14)20;1-2/h3-4,6,9,11,13H,2,5,7-8,10,20H2,1H3;1-2H3. The molecule has 1 aliphatic carbocycles. The molecule has 0 radical (unpaired) electrons. The highest BCUT2D eigenvalue weighted by molar-refractivity contribution is 6.04. The molecule has 26 heavy (non-hydrogen) atoms. The normalized spacial score (nSPS) is 14.4. The zero-order chi connectivity index (χ0) is 19.1. The number of aliphatic imine (C=N–C) groups is 1. The van der Waals surface area contributed by atoms with Crippen LogP contribution in [0.15, 0.2) is 40.2 Å². The molecule has 0 saturated heterocycles. The molecule has 2 N–H and O–H groups in total. The first-order chi connectivity index (χ1) is 12.6. The van der Waals surface area contributed by atoms with Crippen LogP contribution in [0.2, 0.25) is 0 Å². The number of anilines is 1. The zero-order valence-electron chi connectivity index (χ0n) is 15.7. The van der Waals surface area contributed by atoms with E-state index in [9.17, 15) is 9.18 Å². The lowest BCUT2D eigenvalue weighted by molar-refractivity contribution is 0.279. The topological polar surface area (TPSA) is 73.3 Å². The van der Waals surface area contributed by atoms with Crippen molar-refractivity contribution in [3.63, 3.8) is 0 Å². The second kappa shape index (κ2) is 9.27. The van der Waals surface area contributed by atoms with Gasteiger partial charge in [-0.15, -0.1) is 0 Å². The monoisotopic (exact) mass is 358 g/mol. The third kappa shape index (κ3) is 4.18. The molecule has 1 fully saturated rings. The van der Waals surface area contributed by atoms with Crippen LogP contribution < -0.4 is 11.3 Å². The Bertz CT molecular complexity index is 825. The molecule has 1 aromatic carbocycles. The van der Waals surface area contributed by atoms with Crippen molar-refractivity contribution in [1.82, 2.24) is 9.78 Å². The van der Waals surface area contributed by atoms with Crippen molar-refractivity contribution in [3.05, 3.63) is 57.8 Å². The number of benzene rings is 1. The highest BCUT2D eigenvalue weighted by atomic mass is 19.1. The summed E-state index contributed by atoms with van der Waals surface area (Å²) < 4.78 is 15.2. The number of nitrogens with two attached hydrogens (primary N) is 1. The molecule has 0 bridgehead atoms. The fourth-order valence-electron chi connectivity index (χ4n) is 2.80. The Morgan fingerprint density at radius 1 is 1.35 bits per heavy atom. The van der Waals surface area contributed by atoms with E-state index in [1.54, 1.807) is 24.4 Å². The van der Waals surface area contributed by atoms with Crippen LogP contribution in [0.1, 0.15) is 63.6 Å². The highest BCUT2D eigenvalue weighted by Crippen LogP contribution is 2.29. The van der Waals surface area contributed by atoms with Crippen molar-refractivity contribution in [2.45, 2.75) is 59.0 Å². The molecule has 0 spiro atoms. The number of hydrogen-bond donors (Lipinski definition) is 1. The highest BCUT2D eigenvalue weighted by Gasteiger charge is 2.23. The molecule has 1 saturated carbocycles. The molecule has 2 aromatic rings. The third-order valence-corrected chi connectivity index (χ3v) is 4.50. The molecular formula is C20H27FN4O. The quantitative estimate of drug-likeness (QED) is 0.817. The van der Waals surface area contributed by atoms with Crippen LogP contribution >= 0.6 is 0 Å². The van der Waals surface area contributed by atoms with E-state index in [0.717, 1.165) is 19.3 Å². The summed E-state index contributed by atoms with van der Waals surface area (Å²) in [6, 6.07) is 6.68. The Morgan fingerprint density at radius 2 is 2.04 bits per heavy atom. The van der Waals surface area contributed by atoms with Crippen LogP contribution in [0.5, 0.6) is 0 Å². The second-order valence-electron chi connectivity index (χ2n) is 6.01. The van der Waals surface area contributed by atoms with Crippen molar-refractivity contribution in [2.24, 2.45) is 4.99 Å². The Balaban J connectivity index is 0.00000117.